The second kappa shape index (κ2) is 7.14. The highest BCUT2D eigenvalue weighted by molar-refractivity contribution is 4.94. The molecule has 1 fully saturated rings. The Hall–Kier alpha value is -1.09. The van der Waals surface area contributed by atoms with Gasteiger partial charge in [0.15, 0.2) is 0 Å². The van der Waals surface area contributed by atoms with Gasteiger partial charge in [-0.25, -0.2) is 0 Å². The first-order valence-electron chi connectivity index (χ1n) is 6.26. The van der Waals surface area contributed by atoms with Crippen molar-refractivity contribution >= 4 is 0 Å². The second-order valence-corrected chi connectivity index (χ2v) is 4.87. The Labute approximate surface area is 134 Å². The highest BCUT2D eigenvalue weighted by atomic mass is 19.4. The van der Waals surface area contributed by atoms with Crippen molar-refractivity contribution in [3.05, 3.63) is 0 Å². The van der Waals surface area contributed by atoms with E-state index in [2.05, 4.69) is 0 Å². The summed E-state index contributed by atoms with van der Waals surface area (Å²) >= 11 is 0. The van der Waals surface area contributed by atoms with Crippen molar-refractivity contribution in [2.75, 3.05) is 0 Å². The minimum atomic E-state index is -7.87. The Morgan fingerprint density at radius 2 is 0.500 bits per heavy atom. The topological polar surface area (TPSA) is 3.24 Å². The van der Waals surface area contributed by atoms with E-state index in [0.29, 0.717) is 0 Å². The van der Waals surface area contributed by atoms with Crippen LogP contribution in [0, 0.1) is 0 Å². The molecule has 16 heteroatoms. The average Bonchev–Trinajstić information content (AvgIpc) is 2.19. The molecule has 1 aliphatic carbocycles. The second-order valence-electron chi connectivity index (χ2n) is 4.87. The molecule has 1 nitrogen and oxygen atoms in total. The fourth-order valence-corrected chi connectivity index (χ4v) is 1.16. The Balaban J connectivity index is 0.00000136. The highest BCUT2D eigenvalue weighted by Gasteiger charge is 2.84. The van der Waals surface area contributed by atoms with Crippen molar-refractivity contribution in [2.24, 2.45) is 0 Å². The summed E-state index contributed by atoms with van der Waals surface area (Å²) in [5, 5.41) is 0. The van der Waals surface area contributed by atoms with Gasteiger partial charge in [-0.15, -0.1) is 0 Å². The lowest BCUT2D eigenvalue weighted by Gasteiger charge is -2.42. The van der Waals surface area contributed by atoms with E-state index in [9.17, 15) is 65.9 Å². The molecule has 26 heavy (non-hydrogen) atoms. The standard InChI is InChI=1S/C6F15N.C4H8/c7-1(8,9)4(16,17)22(5(18,19)2(10,11)12)6(20,21)3(13,14)15;1-2-4-3-1/h;1-4H2. The van der Waals surface area contributed by atoms with Crippen LogP contribution in [0.1, 0.15) is 25.7 Å². The van der Waals surface area contributed by atoms with Gasteiger partial charge in [0.1, 0.15) is 0 Å². The third-order valence-corrected chi connectivity index (χ3v) is 2.87. The van der Waals surface area contributed by atoms with E-state index in [1.807, 2.05) is 0 Å². The summed E-state index contributed by atoms with van der Waals surface area (Å²) in [4.78, 5) is -4.56. The lowest BCUT2D eigenvalue weighted by atomic mass is 10.0. The molecular formula is C10H8F15N. The fraction of sp³-hybridized carbons (Fsp3) is 1.00. The predicted octanol–water partition coefficient (Wildman–Crippen LogP) is 6.31. The molecule has 0 radical (unpaired) electrons. The van der Waals surface area contributed by atoms with Gasteiger partial charge in [0.2, 0.25) is 0 Å². The third kappa shape index (κ3) is 4.79. The van der Waals surface area contributed by atoms with Gasteiger partial charge in [-0.3, -0.25) is 0 Å². The smallest absolute Gasteiger partial charge is 0.177 e. The maximum absolute atomic E-state index is 12.5. The van der Waals surface area contributed by atoms with Crippen LogP contribution in [0.5, 0.6) is 0 Å². The van der Waals surface area contributed by atoms with E-state index in [0.717, 1.165) is 0 Å². The molecule has 0 atom stereocenters. The summed E-state index contributed by atoms with van der Waals surface area (Å²) < 4.78 is 180. The van der Waals surface area contributed by atoms with Crippen LogP contribution < -0.4 is 0 Å². The zero-order valence-electron chi connectivity index (χ0n) is 11.9. The van der Waals surface area contributed by atoms with Crippen LogP contribution in [-0.4, -0.2) is 41.6 Å². The van der Waals surface area contributed by atoms with Gasteiger partial charge < -0.3 is 0 Å². The minimum absolute atomic E-state index is 1.50. The van der Waals surface area contributed by atoms with Crippen molar-refractivity contribution < 1.29 is 65.9 Å². The van der Waals surface area contributed by atoms with E-state index < -0.39 is 41.6 Å². The predicted molar refractivity (Wildman–Crippen MR) is 53.3 cm³/mol. The first-order chi connectivity index (χ1) is 11.1. The van der Waals surface area contributed by atoms with Crippen molar-refractivity contribution in [3.8, 4) is 0 Å². The van der Waals surface area contributed by atoms with Gasteiger partial charge in [-0.2, -0.15) is 65.9 Å². The summed E-state index contributed by atoms with van der Waals surface area (Å²) in [5.74, 6) is 0. The summed E-state index contributed by atoms with van der Waals surface area (Å²) in [6.45, 7) is 0. The van der Waals surface area contributed by atoms with Gasteiger partial charge in [-0.1, -0.05) is 30.6 Å². The summed E-state index contributed by atoms with van der Waals surface area (Å²) in [6, 6.07) is -23.6. The SMILES string of the molecule is C1CCC1.FC(F)(F)C(F)(F)N(C(F)(F)C(F)(F)F)C(F)(F)C(F)(F)F. The maximum Gasteiger partial charge on any atom is 0.469 e. The molecule has 158 valence electrons. The molecule has 1 aliphatic rings. The van der Waals surface area contributed by atoms with Gasteiger partial charge in [0.05, 0.1) is 0 Å². The number of hydrogen-bond donors (Lipinski definition) is 0. The number of halogens is 15. The molecule has 0 aliphatic heterocycles. The van der Waals surface area contributed by atoms with E-state index in [1.54, 1.807) is 0 Å². The molecule has 0 spiro atoms. The van der Waals surface area contributed by atoms with E-state index >= 15 is 0 Å². The summed E-state index contributed by atoms with van der Waals surface area (Å²) in [7, 11) is 0. The molecule has 0 bridgehead atoms. The van der Waals surface area contributed by atoms with Gasteiger partial charge >= 0.3 is 36.7 Å². The van der Waals surface area contributed by atoms with Crippen molar-refractivity contribution in [3.63, 3.8) is 0 Å². The van der Waals surface area contributed by atoms with Crippen LogP contribution in [-0.2, 0) is 0 Å². The van der Waals surface area contributed by atoms with Crippen LogP contribution in [0.2, 0.25) is 0 Å². The largest absolute Gasteiger partial charge is 0.469 e. The monoisotopic (exact) mass is 427 g/mol. The molecule has 0 heterocycles. The zero-order valence-corrected chi connectivity index (χ0v) is 11.9. The van der Waals surface area contributed by atoms with Crippen LogP contribution in [0.3, 0.4) is 0 Å². The average molecular weight is 427 g/mol. The molecule has 0 aromatic carbocycles. The number of nitrogens with zero attached hydrogens (tertiary/aromatic N) is 1. The third-order valence-electron chi connectivity index (χ3n) is 2.87. The first-order valence-corrected chi connectivity index (χ1v) is 6.26. The molecule has 1 saturated carbocycles. The van der Waals surface area contributed by atoms with Crippen LogP contribution in [0.25, 0.3) is 0 Å². The lowest BCUT2D eigenvalue weighted by molar-refractivity contribution is -0.507. The van der Waals surface area contributed by atoms with Gasteiger partial charge in [0.25, 0.3) is 0 Å². The van der Waals surface area contributed by atoms with Crippen molar-refractivity contribution in [1.82, 2.24) is 4.90 Å². The molecule has 0 unspecified atom stereocenters. The Morgan fingerprint density at radius 3 is 0.577 bits per heavy atom. The van der Waals surface area contributed by atoms with Crippen LogP contribution >= 0.6 is 0 Å². The molecule has 0 aromatic rings. The molecular weight excluding hydrogens is 419 g/mol. The number of alkyl halides is 15. The van der Waals surface area contributed by atoms with E-state index in [4.69, 9.17) is 0 Å². The number of rotatable bonds is 3. The minimum Gasteiger partial charge on any atom is -0.177 e. The van der Waals surface area contributed by atoms with E-state index in [-0.39, 0.29) is 0 Å². The maximum atomic E-state index is 12.5. The van der Waals surface area contributed by atoms with Crippen LogP contribution in [0.15, 0.2) is 0 Å². The van der Waals surface area contributed by atoms with Crippen molar-refractivity contribution in [1.29, 1.82) is 0 Å². The first kappa shape index (κ1) is 24.9. The quantitative estimate of drug-likeness (QED) is 0.377. The Bertz CT molecular complexity index is 387. The van der Waals surface area contributed by atoms with Crippen molar-refractivity contribution in [2.45, 2.75) is 62.4 Å². The summed E-state index contributed by atoms with van der Waals surface area (Å²) in [6.07, 6.45) is -16.8. The van der Waals surface area contributed by atoms with E-state index in [1.165, 1.54) is 25.7 Å². The van der Waals surface area contributed by atoms with Gasteiger partial charge in [-0.05, 0) is 0 Å². The summed E-state index contributed by atoms with van der Waals surface area (Å²) in [5.41, 5.74) is 0. The Kier molecular flexibility index (Phi) is 6.85. The fourth-order valence-electron chi connectivity index (χ4n) is 1.16. The molecule has 0 saturated heterocycles. The molecule has 0 N–H and O–H groups in total. The number of hydrogen-bond acceptors (Lipinski definition) is 1. The zero-order chi connectivity index (χ0) is 21.4. The normalized spacial score (nSPS) is 17.5. The van der Waals surface area contributed by atoms with Gasteiger partial charge in [0, 0.05) is 0 Å². The molecule has 0 amide bonds. The molecule has 1 rings (SSSR count). The molecule has 0 aromatic heterocycles. The van der Waals surface area contributed by atoms with Crippen LogP contribution in [0.4, 0.5) is 65.9 Å². The Morgan fingerprint density at radius 1 is 0.346 bits per heavy atom. The lowest BCUT2D eigenvalue weighted by Crippen LogP contribution is -2.72. The highest BCUT2D eigenvalue weighted by Crippen LogP contribution is 2.55.